The van der Waals surface area contributed by atoms with Crippen LogP contribution in [0.3, 0.4) is 0 Å². The Labute approximate surface area is 137 Å². The van der Waals surface area contributed by atoms with Gasteiger partial charge < -0.3 is 10.1 Å². The Morgan fingerprint density at radius 1 is 1.17 bits per heavy atom. The van der Waals surface area contributed by atoms with E-state index in [0.29, 0.717) is 10.6 Å². The molecule has 0 aliphatic carbocycles. The number of thiophene rings is 1. The van der Waals surface area contributed by atoms with Gasteiger partial charge in [0.05, 0.1) is 17.7 Å². The van der Waals surface area contributed by atoms with Crippen molar-refractivity contribution in [3.8, 4) is 0 Å². The number of methoxy groups -OCH3 is 1. The molecule has 1 heterocycles. The van der Waals surface area contributed by atoms with Gasteiger partial charge in [0.2, 0.25) is 0 Å². The number of benzene rings is 1. The van der Waals surface area contributed by atoms with Crippen LogP contribution >= 0.6 is 11.3 Å². The summed E-state index contributed by atoms with van der Waals surface area (Å²) in [5.41, 5.74) is 1.20. The number of nitrogens with one attached hydrogen (secondary N) is 2. The number of carbonyl (C=O) groups excluding carboxylic acids is 2. The predicted molar refractivity (Wildman–Crippen MR) is 86.2 cm³/mol. The zero-order chi connectivity index (χ0) is 17.0. The Bertz CT molecular complexity index is 825. The van der Waals surface area contributed by atoms with Crippen LogP contribution in [0.2, 0.25) is 0 Å². The number of ether oxygens (including phenoxy) is 1. The molecule has 0 spiro atoms. The van der Waals surface area contributed by atoms with Gasteiger partial charge in [-0.15, -0.1) is 11.3 Å². The number of sulfonamides is 1. The third kappa shape index (κ3) is 4.30. The molecule has 1 aromatic heterocycles. The van der Waals surface area contributed by atoms with Crippen molar-refractivity contribution in [2.75, 3.05) is 12.4 Å². The maximum atomic E-state index is 12.1. The van der Waals surface area contributed by atoms with Crippen LogP contribution in [0.5, 0.6) is 0 Å². The van der Waals surface area contributed by atoms with Crippen LogP contribution in [-0.4, -0.2) is 27.5 Å². The summed E-state index contributed by atoms with van der Waals surface area (Å²) in [5, 5.41) is 3.86. The lowest BCUT2D eigenvalue weighted by molar-refractivity contribution is 0.0606. The van der Waals surface area contributed by atoms with Gasteiger partial charge in [-0.05, 0) is 25.1 Å². The monoisotopic (exact) mass is 354 g/mol. The molecule has 0 atom stereocenters. The van der Waals surface area contributed by atoms with E-state index in [9.17, 15) is 18.0 Å². The molecule has 7 nitrogen and oxygen atoms in total. The van der Waals surface area contributed by atoms with Crippen LogP contribution in [0.4, 0.5) is 10.5 Å². The smallest absolute Gasteiger partial charge is 0.348 e. The minimum Gasteiger partial charge on any atom is -0.465 e. The maximum absolute atomic E-state index is 12.1. The molecule has 0 aliphatic rings. The lowest BCUT2D eigenvalue weighted by Gasteiger charge is -2.07. The molecule has 0 radical (unpaired) electrons. The van der Waals surface area contributed by atoms with Crippen molar-refractivity contribution in [3.63, 3.8) is 0 Å². The van der Waals surface area contributed by atoms with Crippen LogP contribution in [0.15, 0.2) is 40.6 Å². The number of amides is 2. The molecule has 0 bridgehead atoms. The van der Waals surface area contributed by atoms with E-state index in [1.807, 2.05) is 11.6 Å². The summed E-state index contributed by atoms with van der Waals surface area (Å²) in [6.45, 7) is 1.83. The highest BCUT2D eigenvalue weighted by molar-refractivity contribution is 7.90. The Kier molecular flexibility index (Phi) is 5.02. The van der Waals surface area contributed by atoms with E-state index in [1.165, 1.54) is 30.7 Å². The quantitative estimate of drug-likeness (QED) is 0.821. The first kappa shape index (κ1) is 17.0. The minimum absolute atomic E-state index is 0.0150. The minimum atomic E-state index is -3.96. The summed E-state index contributed by atoms with van der Waals surface area (Å²) in [6, 6.07) is 6.56. The zero-order valence-corrected chi connectivity index (χ0v) is 14.0. The molecule has 0 aliphatic heterocycles. The van der Waals surface area contributed by atoms with E-state index >= 15 is 0 Å². The van der Waals surface area contributed by atoms with Gasteiger partial charge in [0.25, 0.3) is 10.0 Å². The van der Waals surface area contributed by atoms with Crippen LogP contribution in [-0.2, 0) is 14.8 Å². The van der Waals surface area contributed by atoms with Gasteiger partial charge in [0.15, 0.2) is 0 Å². The molecule has 0 saturated carbocycles. The summed E-state index contributed by atoms with van der Waals surface area (Å²) >= 11 is 1.07. The number of aryl methyl sites for hydroxylation is 1. The van der Waals surface area contributed by atoms with Crippen LogP contribution in [0, 0.1) is 6.92 Å². The van der Waals surface area contributed by atoms with E-state index in [2.05, 4.69) is 10.1 Å². The lowest BCUT2D eigenvalue weighted by atomic mass is 10.2. The summed E-state index contributed by atoms with van der Waals surface area (Å²) in [5.74, 6) is -0.532. The average molecular weight is 354 g/mol. The molecule has 2 amide bonds. The Morgan fingerprint density at radius 3 is 2.43 bits per heavy atom. The van der Waals surface area contributed by atoms with E-state index < -0.39 is 22.0 Å². The number of urea groups is 1. The van der Waals surface area contributed by atoms with E-state index in [1.54, 1.807) is 12.1 Å². The number of hydrogen-bond acceptors (Lipinski definition) is 6. The average Bonchev–Trinajstić information content (AvgIpc) is 2.94. The Hall–Kier alpha value is -2.39. The molecular formula is C14H14N2O5S2. The molecular weight excluding hydrogens is 340 g/mol. The van der Waals surface area contributed by atoms with Crippen molar-refractivity contribution < 1.29 is 22.7 Å². The van der Waals surface area contributed by atoms with E-state index in [-0.39, 0.29) is 4.90 Å². The Balaban J connectivity index is 2.05. The highest BCUT2D eigenvalue weighted by atomic mass is 32.2. The normalized spacial score (nSPS) is 10.9. The summed E-state index contributed by atoms with van der Waals surface area (Å²) in [4.78, 5) is 23.4. The number of rotatable bonds is 4. The third-order valence-corrected chi connectivity index (χ3v) is 5.06. The molecule has 1 aromatic carbocycles. The van der Waals surface area contributed by atoms with Crippen molar-refractivity contribution in [2.24, 2.45) is 0 Å². The van der Waals surface area contributed by atoms with Crippen molar-refractivity contribution in [1.29, 1.82) is 0 Å². The molecule has 2 aromatic rings. The molecule has 23 heavy (non-hydrogen) atoms. The largest absolute Gasteiger partial charge is 0.465 e. The predicted octanol–water partition coefficient (Wildman–Crippen LogP) is 2.35. The van der Waals surface area contributed by atoms with Crippen LogP contribution in [0.1, 0.15) is 15.2 Å². The van der Waals surface area contributed by atoms with Gasteiger partial charge in [0, 0.05) is 5.38 Å². The molecule has 9 heteroatoms. The molecule has 122 valence electrons. The van der Waals surface area contributed by atoms with Gasteiger partial charge in [0.1, 0.15) is 4.88 Å². The lowest BCUT2D eigenvalue weighted by Crippen LogP contribution is -2.34. The summed E-state index contributed by atoms with van der Waals surface area (Å²) in [6.07, 6.45) is 0. The Morgan fingerprint density at radius 2 is 1.83 bits per heavy atom. The first-order chi connectivity index (χ1) is 10.8. The molecule has 2 N–H and O–H groups in total. The third-order valence-electron chi connectivity index (χ3n) is 2.80. The highest BCUT2D eigenvalue weighted by Crippen LogP contribution is 2.20. The van der Waals surface area contributed by atoms with Gasteiger partial charge in [-0.2, -0.15) is 0 Å². The molecule has 0 fully saturated rings. The molecule has 0 unspecified atom stereocenters. The molecule has 2 rings (SSSR count). The van der Waals surface area contributed by atoms with Crippen molar-refractivity contribution in [3.05, 3.63) is 46.2 Å². The van der Waals surface area contributed by atoms with Crippen molar-refractivity contribution in [1.82, 2.24) is 4.72 Å². The topological polar surface area (TPSA) is 102 Å². The molecule has 0 saturated heterocycles. The van der Waals surface area contributed by atoms with E-state index in [0.717, 1.165) is 16.9 Å². The number of anilines is 1. The van der Waals surface area contributed by atoms with Crippen LogP contribution < -0.4 is 10.0 Å². The number of carbonyl (C=O) groups is 2. The van der Waals surface area contributed by atoms with Crippen molar-refractivity contribution >= 4 is 39.0 Å². The fourth-order valence-corrected chi connectivity index (χ4v) is 3.33. The summed E-state index contributed by atoms with van der Waals surface area (Å²) in [7, 11) is -2.71. The summed E-state index contributed by atoms with van der Waals surface area (Å²) < 4.78 is 30.6. The van der Waals surface area contributed by atoms with E-state index in [4.69, 9.17) is 0 Å². The van der Waals surface area contributed by atoms with Gasteiger partial charge in [-0.3, -0.25) is 0 Å². The number of hydrogen-bond donors (Lipinski definition) is 2. The first-order valence-corrected chi connectivity index (χ1v) is 8.75. The second-order valence-corrected chi connectivity index (χ2v) is 7.16. The standard InChI is InChI=1S/C14H14N2O5S2/c1-9-3-5-11(6-4-9)23(19,20)16-14(18)15-10-7-12(22-8-10)13(17)21-2/h3-8H,1-2H3,(H2,15,16,18). The highest BCUT2D eigenvalue weighted by Gasteiger charge is 2.18. The fourth-order valence-electron chi connectivity index (χ4n) is 1.66. The number of esters is 1. The van der Waals surface area contributed by atoms with Gasteiger partial charge in [-0.25, -0.2) is 22.7 Å². The van der Waals surface area contributed by atoms with Crippen LogP contribution in [0.25, 0.3) is 0 Å². The first-order valence-electron chi connectivity index (χ1n) is 6.39. The maximum Gasteiger partial charge on any atom is 0.348 e. The second kappa shape index (κ2) is 6.80. The van der Waals surface area contributed by atoms with Gasteiger partial charge in [-0.1, -0.05) is 17.7 Å². The zero-order valence-electron chi connectivity index (χ0n) is 12.3. The second-order valence-electron chi connectivity index (χ2n) is 4.56. The van der Waals surface area contributed by atoms with Gasteiger partial charge >= 0.3 is 12.0 Å². The SMILES string of the molecule is COC(=O)c1cc(NC(=O)NS(=O)(=O)c2ccc(C)cc2)cs1. The van der Waals surface area contributed by atoms with Crippen molar-refractivity contribution in [2.45, 2.75) is 11.8 Å². The fraction of sp³-hybridized carbons (Fsp3) is 0.143.